The Morgan fingerprint density at radius 3 is 2.74 bits per heavy atom. The lowest BCUT2D eigenvalue weighted by atomic mass is 10.0. The van der Waals surface area contributed by atoms with Gasteiger partial charge in [0, 0.05) is 19.1 Å². The van der Waals surface area contributed by atoms with Crippen molar-refractivity contribution in [1.29, 1.82) is 0 Å². The zero-order valence-corrected chi connectivity index (χ0v) is 12.0. The largest absolute Gasteiger partial charge is 0.312 e. The molecule has 1 N–H and O–H groups in total. The molecule has 0 amide bonds. The van der Waals surface area contributed by atoms with Crippen LogP contribution in [0.25, 0.3) is 0 Å². The van der Waals surface area contributed by atoms with Crippen molar-refractivity contribution in [3.05, 3.63) is 35.6 Å². The van der Waals surface area contributed by atoms with Gasteiger partial charge in [0.15, 0.2) is 0 Å². The Hall–Kier alpha value is -0.930. The van der Waals surface area contributed by atoms with Crippen molar-refractivity contribution in [3.8, 4) is 0 Å². The molecule has 1 fully saturated rings. The molecule has 3 heteroatoms. The second-order valence-corrected chi connectivity index (χ2v) is 6.00. The zero-order chi connectivity index (χ0) is 13.7. The standard InChI is InChI=1S/C16H25FN2/c1-13(2)10-18-16-4-3-9-19(12-16)11-14-5-7-15(17)8-6-14/h5-8,13,16,18H,3-4,9-12H2,1-2H3. The molecule has 1 aromatic rings. The van der Waals surface area contributed by atoms with Crippen molar-refractivity contribution < 1.29 is 4.39 Å². The van der Waals surface area contributed by atoms with Crippen LogP contribution < -0.4 is 5.32 Å². The van der Waals surface area contributed by atoms with Crippen LogP contribution in [0.1, 0.15) is 32.3 Å². The average Bonchev–Trinajstić information content (AvgIpc) is 2.40. The number of nitrogens with zero attached hydrogens (tertiary/aromatic N) is 1. The molecule has 0 radical (unpaired) electrons. The van der Waals surface area contributed by atoms with E-state index in [1.54, 1.807) is 12.1 Å². The third-order valence-electron chi connectivity index (χ3n) is 3.64. The number of hydrogen-bond donors (Lipinski definition) is 1. The summed E-state index contributed by atoms with van der Waals surface area (Å²) in [5.41, 5.74) is 1.20. The SMILES string of the molecule is CC(C)CNC1CCCN(Cc2ccc(F)cc2)C1. The van der Waals surface area contributed by atoms with Crippen molar-refractivity contribution in [1.82, 2.24) is 10.2 Å². The Bertz CT molecular complexity index is 375. The first-order chi connectivity index (χ1) is 9.13. The lowest BCUT2D eigenvalue weighted by Gasteiger charge is -2.33. The molecule has 1 saturated heterocycles. The Morgan fingerprint density at radius 1 is 1.32 bits per heavy atom. The molecule has 1 aliphatic heterocycles. The van der Waals surface area contributed by atoms with Gasteiger partial charge in [-0.1, -0.05) is 26.0 Å². The molecule has 0 spiro atoms. The fraction of sp³-hybridized carbons (Fsp3) is 0.625. The summed E-state index contributed by atoms with van der Waals surface area (Å²) in [5.74, 6) is 0.548. The lowest BCUT2D eigenvalue weighted by molar-refractivity contribution is 0.181. The summed E-state index contributed by atoms with van der Waals surface area (Å²) in [4.78, 5) is 2.47. The van der Waals surface area contributed by atoms with Crippen molar-refractivity contribution in [2.75, 3.05) is 19.6 Å². The van der Waals surface area contributed by atoms with Crippen molar-refractivity contribution >= 4 is 0 Å². The number of piperidine rings is 1. The van der Waals surface area contributed by atoms with Crippen LogP contribution in [0.4, 0.5) is 4.39 Å². The number of benzene rings is 1. The minimum atomic E-state index is -0.154. The lowest BCUT2D eigenvalue weighted by Crippen LogP contribution is -2.46. The number of nitrogens with one attached hydrogen (secondary N) is 1. The van der Waals surface area contributed by atoms with Crippen molar-refractivity contribution in [2.45, 2.75) is 39.3 Å². The summed E-state index contributed by atoms with van der Waals surface area (Å²) < 4.78 is 12.9. The maximum atomic E-state index is 12.9. The highest BCUT2D eigenvalue weighted by atomic mass is 19.1. The van der Waals surface area contributed by atoms with Crippen LogP contribution in [0, 0.1) is 11.7 Å². The minimum absolute atomic E-state index is 0.154. The van der Waals surface area contributed by atoms with E-state index in [0.29, 0.717) is 12.0 Å². The molecule has 2 rings (SSSR count). The highest BCUT2D eigenvalue weighted by Crippen LogP contribution is 2.14. The number of halogens is 1. The summed E-state index contributed by atoms with van der Waals surface area (Å²) in [6.07, 6.45) is 2.52. The van der Waals surface area contributed by atoms with Gasteiger partial charge in [0.25, 0.3) is 0 Å². The van der Waals surface area contributed by atoms with E-state index >= 15 is 0 Å². The van der Waals surface area contributed by atoms with Crippen LogP contribution in [-0.2, 0) is 6.54 Å². The predicted molar refractivity (Wildman–Crippen MR) is 77.5 cm³/mol. The molecule has 1 aromatic carbocycles. The smallest absolute Gasteiger partial charge is 0.123 e. The van der Waals surface area contributed by atoms with E-state index in [4.69, 9.17) is 0 Å². The van der Waals surface area contributed by atoms with Crippen LogP contribution in [0.3, 0.4) is 0 Å². The van der Waals surface area contributed by atoms with Crippen LogP contribution in [0.15, 0.2) is 24.3 Å². The van der Waals surface area contributed by atoms with E-state index < -0.39 is 0 Å². The average molecular weight is 264 g/mol. The topological polar surface area (TPSA) is 15.3 Å². The summed E-state index contributed by atoms with van der Waals surface area (Å²) in [5, 5.41) is 3.64. The molecular weight excluding hydrogens is 239 g/mol. The van der Waals surface area contributed by atoms with Crippen LogP contribution in [-0.4, -0.2) is 30.6 Å². The summed E-state index contributed by atoms with van der Waals surface area (Å²) in [7, 11) is 0. The minimum Gasteiger partial charge on any atom is -0.312 e. The first-order valence-electron chi connectivity index (χ1n) is 7.33. The molecule has 19 heavy (non-hydrogen) atoms. The van der Waals surface area contributed by atoms with E-state index in [-0.39, 0.29) is 5.82 Å². The quantitative estimate of drug-likeness (QED) is 0.879. The molecule has 0 aromatic heterocycles. The molecule has 1 unspecified atom stereocenters. The normalized spacial score (nSPS) is 20.9. The van der Waals surface area contributed by atoms with Crippen LogP contribution >= 0.6 is 0 Å². The molecule has 1 atom stereocenters. The van der Waals surface area contributed by atoms with E-state index in [1.807, 2.05) is 12.1 Å². The Labute approximate surface area is 116 Å². The Morgan fingerprint density at radius 2 is 2.05 bits per heavy atom. The van der Waals surface area contributed by atoms with E-state index in [1.165, 1.54) is 18.4 Å². The molecular formula is C16H25FN2. The van der Waals surface area contributed by atoms with Gasteiger partial charge >= 0.3 is 0 Å². The van der Waals surface area contributed by atoms with Gasteiger partial charge in [0.05, 0.1) is 0 Å². The molecule has 0 saturated carbocycles. The van der Waals surface area contributed by atoms with Gasteiger partial charge in [0.2, 0.25) is 0 Å². The second kappa shape index (κ2) is 7.01. The molecule has 0 bridgehead atoms. The zero-order valence-electron chi connectivity index (χ0n) is 12.0. The molecule has 106 valence electrons. The summed E-state index contributed by atoms with van der Waals surface area (Å²) in [6, 6.07) is 7.49. The van der Waals surface area contributed by atoms with Gasteiger partial charge in [-0.2, -0.15) is 0 Å². The fourth-order valence-corrected chi connectivity index (χ4v) is 2.62. The maximum absolute atomic E-state index is 12.9. The molecule has 2 nitrogen and oxygen atoms in total. The summed E-state index contributed by atoms with van der Waals surface area (Å²) in [6.45, 7) is 8.76. The highest BCUT2D eigenvalue weighted by molar-refractivity contribution is 5.16. The van der Waals surface area contributed by atoms with Crippen molar-refractivity contribution in [3.63, 3.8) is 0 Å². The van der Waals surface area contributed by atoms with Gasteiger partial charge in [-0.25, -0.2) is 4.39 Å². The van der Waals surface area contributed by atoms with Gasteiger partial charge in [-0.05, 0) is 49.5 Å². The number of likely N-dealkylation sites (tertiary alicyclic amines) is 1. The van der Waals surface area contributed by atoms with Gasteiger partial charge in [0.1, 0.15) is 5.82 Å². The fourth-order valence-electron chi connectivity index (χ4n) is 2.62. The van der Waals surface area contributed by atoms with E-state index in [2.05, 4.69) is 24.1 Å². The first kappa shape index (κ1) is 14.5. The third kappa shape index (κ3) is 4.92. The van der Waals surface area contributed by atoms with Gasteiger partial charge in [-0.15, -0.1) is 0 Å². The Kier molecular flexibility index (Phi) is 5.34. The highest BCUT2D eigenvalue weighted by Gasteiger charge is 2.19. The monoisotopic (exact) mass is 264 g/mol. The first-order valence-corrected chi connectivity index (χ1v) is 7.33. The molecule has 1 heterocycles. The van der Waals surface area contributed by atoms with Crippen molar-refractivity contribution in [2.24, 2.45) is 5.92 Å². The number of hydrogen-bond acceptors (Lipinski definition) is 2. The molecule has 0 aliphatic carbocycles. The maximum Gasteiger partial charge on any atom is 0.123 e. The molecule has 1 aliphatic rings. The van der Waals surface area contributed by atoms with Crippen LogP contribution in [0.5, 0.6) is 0 Å². The second-order valence-electron chi connectivity index (χ2n) is 6.00. The summed E-state index contributed by atoms with van der Waals surface area (Å²) >= 11 is 0. The number of rotatable bonds is 5. The predicted octanol–water partition coefficient (Wildman–Crippen LogP) is 3.04. The van der Waals surface area contributed by atoms with Crippen LogP contribution in [0.2, 0.25) is 0 Å². The van der Waals surface area contributed by atoms with Gasteiger partial charge < -0.3 is 5.32 Å². The third-order valence-corrected chi connectivity index (χ3v) is 3.64. The van der Waals surface area contributed by atoms with E-state index in [9.17, 15) is 4.39 Å². The van der Waals surface area contributed by atoms with Gasteiger partial charge in [-0.3, -0.25) is 4.90 Å². The van der Waals surface area contributed by atoms with E-state index in [0.717, 1.165) is 26.2 Å². The Balaban J connectivity index is 1.82.